The fourth-order valence-corrected chi connectivity index (χ4v) is 2.73. The van der Waals surface area contributed by atoms with Crippen LogP contribution >= 0.6 is 27.5 Å². The molecule has 0 aliphatic carbocycles. The van der Waals surface area contributed by atoms with E-state index in [1.54, 1.807) is 23.1 Å². The summed E-state index contributed by atoms with van der Waals surface area (Å²) in [6.07, 6.45) is 0.468. The van der Waals surface area contributed by atoms with E-state index in [0.717, 1.165) is 0 Å². The number of halogens is 2. The molecular formula is C11H11BrClNO2. The molecule has 0 radical (unpaired) electrons. The van der Waals surface area contributed by atoms with Crippen LogP contribution in [0.25, 0.3) is 0 Å². The second-order valence-electron chi connectivity index (χ2n) is 3.71. The Hall–Kier alpha value is -0.580. The maximum absolute atomic E-state index is 11.8. The van der Waals surface area contributed by atoms with Crippen molar-refractivity contribution in [3.63, 3.8) is 0 Å². The van der Waals surface area contributed by atoms with Gasteiger partial charge in [0.25, 0.3) is 0 Å². The topological polar surface area (TPSA) is 40.5 Å². The number of aliphatic hydroxyl groups excluding tert-OH is 1. The van der Waals surface area contributed by atoms with E-state index in [2.05, 4.69) is 15.9 Å². The Morgan fingerprint density at radius 2 is 2.31 bits per heavy atom. The average Bonchev–Trinajstić information content (AvgIpc) is 2.57. The quantitative estimate of drug-likeness (QED) is 0.852. The molecule has 5 heteroatoms. The summed E-state index contributed by atoms with van der Waals surface area (Å²) < 4.78 is 0. The van der Waals surface area contributed by atoms with Crippen molar-refractivity contribution in [1.82, 2.24) is 0 Å². The SMILES string of the molecule is O=C1CC(Br)CN1c1c(Cl)cccc1CO. The molecule has 16 heavy (non-hydrogen) atoms. The van der Waals surface area contributed by atoms with Crippen molar-refractivity contribution >= 4 is 39.1 Å². The average molecular weight is 305 g/mol. The van der Waals surface area contributed by atoms with Crippen molar-refractivity contribution in [2.24, 2.45) is 0 Å². The summed E-state index contributed by atoms with van der Waals surface area (Å²) in [7, 11) is 0. The lowest BCUT2D eigenvalue weighted by Gasteiger charge is -2.20. The Labute approximate surface area is 107 Å². The summed E-state index contributed by atoms with van der Waals surface area (Å²) in [6, 6.07) is 5.27. The molecule has 1 fully saturated rings. The number of carbonyl (C=O) groups excluding carboxylic acids is 1. The van der Waals surface area contributed by atoms with E-state index in [0.29, 0.717) is 29.2 Å². The van der Waals surface area contributed by atoms with Gasteiger partial charge in [-0.3, -0.25) is 4.79 Å². The molecule has 1 saturated heterocycles. The molecule has 1 N–H and O–H groups in total. The Bertz CT molecular complexity index is 424. The van der Waals surface area contributed by atoms with Gasteiger partial charge in [-0.2, -0.15) is 0 Å². The first-order chi connectivity index (χ1) is 7.63. The van der Waals surface area contributed by atoms with Crippen LogP contribution in [-0.4, -0.2) is 22.4 Å². The fourth-order valence-electron chi connectivity index (χ4n) is 1.87. The first kappa shape index (κ1) is 11.9. The minimum atomic E-state index is -0.118. The Morgan fingerprint density at radius 1 is 1.56 bits per heavy atom. The normalized spacial score (nSPS) is 20.6. The second-order valence-corrected chi connectivity index (χ2v) is 5.41. The number of hydrogen-bond acceptors (Lipinski definition) is 2. The second kappa shape index (κ2) is 4.73. The lowest BCUT2D eigenvalue weighted by atomic mass is 10.1. The van der Waals surface area contributed by atoms with Gasteiger partial charge in [-0.15, -0.1) is 0 Å². The number of para-hydroxylation sites is 1. The maximum Gasteiger partial charge on any atom is 0.228 e. The molecule has 86 valence electrons. The first-order valence-electron chi connectivity index (χ1n) is 4.96. The smallest absolute Gasteiger partial charge is 0.228 e. The van der Waals surface area contributed by atoms with Gasteiger partial charge in [0.2, 0.25) is 5.91 Å². The highest BCUT2D eigenvalue weighted by molar-refractivity contribution is 9.09. The molecule has 1 aliphatic heterocycles. The van der Waals surface area contributed by atoms with Crippen LogP contribution in [0.4, 0.5) is 5.69 Å². The number of rotatable bonds is 2. The first-order valence-corrected chi connectivity index (χ1v) is 6.25. The Morgan fingerprint density at radius 3 is 2.88 bits per heavy atom. The van der Waals surface area contributed by atoms with Gasteiger partial charge >= 0.3 is 0 Å². The predicted molar refractivity (Wildman–Crippen MR) is 67.1 cm³/mol. The molecule has 3 nitrogen and oxygen atoms in total. The van der Waals surface area contributed by atoms with Crippen LogP contribution in [0.1, 0.15) is 12.0 Å². The van der Waals surface area contributed by atoms with E-state index in [4.69, 9.17) is 11.6 Å². The van der Waals surface area contributed by atoms with E-state index < -0.39 is 0 Å². The van der Waals surface area contributed by atoms with Crippen LogP contribution in [0, 0.1) is 0 Å². The molecule has 1 atom stereocenters. The van der Waals surface area contributed by atoms with E-state index in [9.17, 15) is 9.90 Å². The number of aliphatic hydroxyl groups is 1. The zero-order chi connectivity index (χ0) is 11.7. The fraction of sp³-hybridized carbons (Fsp3) is 0.364. The van der Waals surface area contributed by atoms with Gasteiger partial charge in [-0.05, 0) is 6.07 Å². The predicted octanol–water partition coefficient (Wildman–Crippen LogP) is 2.33. The van der Waals surface area contributed by atoms with E-state index in [1.165, 1.54) is 0 Å². The van der Waals surface area contributed by atoms with Crippen molar-refractivity contribution in [1.29, 1.82) is 0 Å². The van der Waals surface area contributed by atoms with Crippen LogP contribution < -0.4 is 4.90 Å². The largest absolute Gasteiger partial charge is 0.392 e. The van der Waals surface area contributed by atoms with Crippen LogP contribution in [0.15, 0.2) is 18.2 Å². The van der Waals surface area contributed by atoms with Gasteiger partial charge in [0.05, 0.1) is 17.3 Å². The number of alkyl halides is 1. The van der Waals surface area contributed by atoms with Gasteiger partial charge in [0, 0.05) is 23.4 Å². The minimum Gasteiger partial charge on any atom is -0.392 e. The molecule has 0 spiro atoms. The number of amides is 1. The molecule has 1 aromatic rings. The molecule has 1 aliphatic rings. The van der Waals surface area contributed by atoms with Gasteiger partial charge < -0.3 is 10.0 Å². The highest BCUT2D eigenvalue weighted by Gasteiger charge is 2.31. The van der Waals surface area contributed by atoms with Crippen LogP contribution in [-0.2, 0) is 11.4 Å². The summed E-state index contributed by atoms with van der Waals surface area (Å²) in [5, 5.41) is 9.75. The van der Waals surface area contributed by atoms with E-state index in [1.807, 2.05) is 0 Å². The molecule has 0 saturated carbocycles. The van der Waals surface area contributed by atoms with Crippen molar-refractivity contribution in [3.05, 3.63) is 28.8 Å². The van der Waals surface area contributed by atoms with Gasteiger partial charge in [0.15, 0.2) is 0 Å². The van der Waals surface area contributed by atoms with Crippen molar-refractivity contribution in [2.45, 2.75) is 17.9 Å². The lowest BCUT2D eigenvalue weighted by molar-refractivity contribution is -0.117. The minimum absolute atomic E-state index is 0.0321. The van der Waals surface area contributed by atoms with Gasteiger partial charge in [-0.25, -0.2) is 0 Å². The Kier molecular flexibility index (Phi) is 3.52. The van der Waals surface area contributed by atoms with Gasteiger partial charge in [0.1, 0.15) is 0 Å². The monoisotopic (exact) mass is 303 g/mol. The third kappa shape index (κ3) is 2.10. The summed E-state index contributed by atoms with van der Waals surface area (Å²) in [5.41, 5.74) is 1.32. The van der Waals surface area contributed by atoms with Crippen LogP contribution in [0.5, 0.6) is 0 Å². The molecule has 1 aromatic carbocycles. The van der Waals surface area contributed by atoms with E-state index >= 15 is 0 Å². The molecule has 0 aromatic heterocycles. The van der Waals surface area contributed by atoms with Crippen molar-refractivity contribution in [3.8, 4) is 0 Å². The number of benzene rings is 1. The molecule has 1 heterocycles. The highest BCUT2D eigenvalue weighted by Crippen LogP contribution is 2.34. The van der Waals surface area contributed by atoms with Crippen LogP contribution in [0.3, 0.4) is 0 Å². The zero-order valence-corrected chi connectivity index (χ0v) is 10.8. The maximum atomic E-state index is 11.8. The summed E-state index contributed by atoms with van der Waals surface area (Å²) in [4.78, 5) is 13.5. The molecule has 1 unspecified atom stereocenters. The summed E-state index contributed by atoms with van der Waals surface area (Å²) >= 11 is 9.50. The highest BCUT2D eigenvalue weighted by atomic mass is 79.9. The van der Waals surface area contributed by atoms with Crippen molar-refractivity contribution < 1.29 is 9.90 Å². The standard InChI is InChI=1S/C11H11BrClNO2/c12-8-4-10(16)14(5-8)11-7(6-15)2-1-3-9(11)13/h1-3,8,15H,4-6H2. The molecule has 2 rings (SSSR count). The third-order valence-electron chi connectivity index (χ3n) is 2.59. The number of hydrogen-bond donors (Lipinski definition) is 1. The summed E-state index contributed by atoms with van der Waals surface area (Å²) in [6.45, 7) is 0.474. The molecular weight excluding hydrogens is 293 g/mol. The summed E-state index contributed by atoms with van der Waals surface area (Å²) in [5.74, 6) is 0.0321. The zero-order valence-electron chi connectivity index (χ0n) is 8.49. The van der Waals surface area contributed by atoms with E-state index in [-0.39, 0.29) is 17.3 Å². The number of nitrogens with zero attached hydrogens (tertiary/aromatic N) is 1. The molecule has 1 amide bonds. The number of anilines is 1. The van der Waals surface area contributed by atoms with Crippen LogP contribution in [0.2, 0.25) is 5.02 Å². The lowest BCUT2D eigenvalue weighted by Crippen LogP contribution is -2.26. The third-order valence-corrected chi connectivity index (χ3v) is 3.51. The van der Waals surface area contributed by atoms with Gasteiger partial charge in [-0.1, -0.05) is 39.7 Å². The number of carbonyl (C=O) groups is 1. The van der Waals surface area contributed by atoms with Crippen molar-refractivity contribution in [2.75, 3.05) is 11.4 Å². The molecule has 0 bridgehead atoms. The Balaban J connectivity index is 2.43.